The van der Waals surface area contributed by atoms with Crippen LogP contribution in [-0.2, 0) is 0 Å². The molecule has 1 aliphatic heterocycles. The third-order valence-electron chi connectivity index (χ3n) is 5.01. The molecule has 2 unspecified atom stereocenters. The predicted molar refractivity (Wildman–Crippen MR) is 114 cm³/mol. The summed E-state index contributed by atoms with van der Waals surface area (Å²) in [5, 5.41) is 12.5. The third kappa shape index (κ3) is 4.08. The fourth-order valence-electron chi connectivity index (χ4n) is 3.84. The Bertz CT molecular complexity index is 1210. The van der Waals surface area contributed by atoms with Crippen LogP contribution in [0, 0.1) is 11.6 Å². The van der Waals surface area contributed by atoms with E-state index in [0.717, 1.165) is 23.0 Å². The summed E-state index contributed by atoms with van der Waals surface area (Å²) in [5.74, 6) is -2.96. The lowest BCUT2D eigenvalue weighted by Gasteiger charge is -2.37. The highest BCUT2D eigenvalue weighted by Gasteiger charge is 2.26. The molecule has 31 heavy (non-hydrogen) atoms. The lowest BCUT2D eigenvalue weighted by Crippen LogP contribution is -2.54. The van der Waals surface area contributed by atoms with Crippen LogP contribution < -0.4 is 15.6 Å². The van der Waals surface area contributed by atoms with E-state index < -0.39 is 28.6 Å². The zero-order chi connectivity index (χ0) is 21.6. The van der Waals surface area contributed by atoms with Crippen LogP contribution in [0.4, 0.5) is 14.6 Å². The van der Waals surface area contributed by atoms with Gasteiger partial charge in [-0.15, -0.1) is 12.4 Å². The van der Waals surface area contributed by atoms with E-state index in [2.05, 4.69) is 15.3 Å². The van der Waals surface area contributed by atoms with E-state index >= 15 is 0 Å². The van der Waals surface area contributed by atoms with E-state index in [1.54, 1.807) is 4.90 Å². The van der Waals surface area contributed by atoms with Gasteiger partial charge in [0.25, 0.3) is 0 Å². The molecule has 164 valence electrons. The molecule has 2 N–H and O–H groups in total. The maximum absolute atomic E-state index is 15.0. The minimum Gasteiger partial charge on any atom is -0.477 e. The highest BCUT2D eigenvalue weighted by molar-refractivity contribution is 5.92. The first-order valence-electron chi connectivity index (χ1n) is 9.36. The zero-order valence-corrected chi connectivity index (χ0v) is 17.5. The second-order valence-corrected chi connectivity index (χ2v) is 7.41. The minimum absolute atomic E-state index is 0. The summed E-state index contributed by atoms with van der Waals surface area (Å²) in [6, 6.07) is 2.46. The lowest BCUT2D eigenvalue weighted by atomic mass is 10.1. The van der Waals surface area contributed by atoms with Gasteiger partial charge in [-0.1, -0.05) is 0 Å². The molecule has 0 aliphatic carbocycles. The number of rotatable bonds is 3. The van der Waals surface area contributed by atoms with Gasteiger partial charge in [-0.3, -0.25) is 14.3 Å². The lowest BCUT2D eigenvalue weighted by molar-refractivity contribution is 0.0695. The van der Waals surface area contributed by atoms with Crippen molar-refractivity contribution in [3.8, 4) is 5.69 Å². The summed E-state index contributed by atoms with van der Waals surface area (Å²) in [7, 11) is 0. The topological polar surface area (TPSA) is 100 Å². The number of anilines is 1. The summed E-state index contributed by atoms with van der Waals surface area (Å²) < 4.78 is 30.6. The molecule has 4 heterocycles. The number of carboxylic acids is 1. The SMILES string of the molecule is CC1CN(c2nc3c(cc2F)c(=O)c(C(=O)O)cn3-c2ccncc2F)CC(C)N1.Cl. The number of nitrogens with one attached hydrogen (secondary N) is 1. The fraction of sp³-hybridized carbons (Fsp3) is 0.300. The third-order valence-corrected chi connectivity index (χ3v) is 5.01. The molecular formula is C20H20ClF2N5O3. The van der Waals surface area contributed by atoms with Crippen LogP contribution in [0.3, 0.4) is 0 Å². The predicted octanol–water partition coefficient (Wildman–Crippen LogP) is 2.37. The molecule has 4 rings (SSSR count). The smallest absolute Gasteiger partial charge is 0.341 e. The van der Waals surface area contributed by atoms with Crippen molar-refractivity contribution in [1.82, 2.24) is 19.9 Å². The Morgan fingerprint density at radius 3 is 2.52 bits per heavy atom. The Kier molecular flexibility index (Phi) is 6.23. The Hall–Kier alpha value is -3.11. The molecule has 3 aromatic heterocycles. The van der Waals surface area contributed by atoms with Gasteiger partial charge in [0.2, 0.25) is 5.43 Å². The Labute approximate surface area is 181 Å². The molecule has 0 saturated carbocycles. The summed E-state index contributed by atoms with van der Waals surface area (Å²) in [5.41, 5.74) is -1.59. The number of nitrogens with zero attached hydrogens (tertiary/aromatic N) is 4. The van der Waals surface area contributed by atoms with E-state index in [1.807, 2.05) is 13.8 Å². The van der Waals surface area contributed by atoms with Gasteiger partial charge in [-0.05, 0) is 26.0 Å². The van der Waals surface area contributed by atoms with E-state index in [9.17, 15) is 23.5 Å². The average molecular weight is 452 g/mol. The van der Waals surface area contributed by atoms with Crippen molar-refractivity contribution in [2.75, 3.05) is 18.0 Å². The number of carboxylic acid groups (broad SMARTS) is 1. The maximum atomic E-state index is 15.0. The first kappa shape index (κ1) is 22.6. The Balaban J connectivity index is 0.00000272. The van der Waals surface area contributed by atoms with E-state index in [4.69, 9.17) is 0 Å². The van der Waals surface area contributed by atoms with Crippen molar-refractivity contribution in [3.05, 3.63) is 58.1 Å². The van der Waals surface area contributed by atoms with Gasteiger partial charge >= 0.3 is 5.97 Å². The first-order chi connectivity index (χ1) is 14.3. The molecule has 0 radical (unpaired) electrons. The normalized spacial score (nSPS) is 18.6. The standard InChI is InChI=1S/C20H19F2N5O3.ClH/c1-10-7-26(8-11(2)24-10)19-14(21)5-12-17(28)13(20(29)30)9-27(18(12)25-19)16-3-4-23-6-15(16)22;/h3-6,9-11,24H,7-8H2,1-2H3,(H,29,30);1H. The quantitative estimate of drug-likeness (QED) is 0.630. The molecule has 1 fully saturated rings. The second kappa shape index (κ2) is 8.56. The van der Waals surface area contributed by atoms with E-state index in [-0.39, 0.29) is 47.0 Å². The van der Waals surface area contributed by atoms with Crippen molar-refractivity contribution in [2.24, 2.45) is 0 Å². The molecule has 11 heteroatoms. The number of carbonyl (C=O) groups is 1. The van der Waals surface area contributed by atoms with E-state index in [0.29, 0.717) is 13.1 Å². The van der Waals surface area contributed by atoms with Gasteiger partial charge in [0.1, 0.15) is 5.56 Å². The fourth-order valence-corrected chi connectivity index (χ4v) is 3.84. The van der Waals surface area contributed by atoms with Crippen molar-refractivity contribution in [1.29, 1.82) is 0 Å². The highest BCUT2D eigenvalue weighted by Crippen LogP contribution is 2.25. The van der Waals surface area contributed by atoms with E-state index in [1.165, 1.54) is 12.3 Å². The average Bonchev–Trinajstić information content (AvgIpc) is 2.68. The summed E-state index contributed by atoms with van der Waals surface area (Å²) >= 11 is 0. The molecule has 1 aliphatic rings. The molecular weight excluding hydrogens is 432 g/mol. The molecule has 0 amide bonds. The number of aromatic nitrogens is 3. The Morgan fingerprint density at radius 1 is 1.23 bits per heavy atom. The van der Waals surface area contributed by atoms with Gasteiger partial charge in [0, 0.05) is 37.6 Å². The first-order valence-corrected chi connectivity index (χ1v) is 9.36. The Morgan fingerprint density at radius 2 is 1.90 bits per heavy atom. The second-order valence-electron chi connectivity index (χ2n) is 7.41. The van der Waals surface area contributed by atoms with Crippen LogP contribution in [0.25, 0.3) is 16.7 Å². The van der Waals surface area contributed by atoms with Gasteiger partial charge in [0.15, 0.2) is 23.1 Å². The van der Waals surface area contributed by atoms with Gasteiger partial charge < -0.3 is 15.3 Å². The summed E-state index contributed by atoms with van der Waals surface area (Å²) in [4.78, 5) is 34.0. The molecule has 0 bridgehead atoms. The molecule has 2 atom stereocenters. The van der Waals surface area contributed by atoms with Gasteiger partial charge in [0.05, 0.1) is 17.3 Å². The highest BCUT2D eigenvalue weighted by atomic mass is 35.5. The number of pyridine rings is 3. The molecule has 3 aromatic rings. The van der Waals surface area contributed by atoms with Gasteiger partial charge in [-0.2, -0.15) is 0 Å². The van der Waals surface area contributed by atoms with Crippen molar-refractivity contribution in [3.63, 3.8) is 0 Å². The van der Waals surface area contributed by atoms with Crippen molar-refractivity contribution in [2.45, 2.75) is 25.9 Å². The molecule has 0 aromatic carbocycles. The zero-order valence-electron chi connectivity index (χ0n) is 16.7. The van der Waals surface area contributed by atoms with Crippen LogP contribution >= 0.6 is 12.4 Å². The van der Waals surface area contributed by atoms with Crippen LogP contribution in [-0.4, -0.2) is 50.8 Å². The minimum atomic E-state index is -1.50. The van der Waals surface area contributed by atoms with Gasteiger partial charge in [-0.25, -0.2) is 18.6 Å². The van der Waals surface area contributed by atoms with Crippen LogP contribution in [0.5, 0.6) is 0 Å². The number of aromatic carboxylic acids is 1. The molecule has 0 spiro atoms. The number of fused-ring (bicyclic) bond motifs is 1. The van der Waals surface area contributed by atoms with Crippen molar-refractivity contribution >= 4 is 35.2 Å². The largest absolute Gasteiger partial charge is 0.477 e. The van der Waals surface area contributed by atoms with Crippen LogP contribution in [0.2, 0.25) is 0 Å². The van der Waals surface area contributed by atoms with Crippen molar-refractivity contribution < 1.29 is 18.7 Å². The summed E-state index contributed by atoms with van der Waals surface area (Å²) in [6.45, 7) is 4.90. The van der Waals surface area contributed by atoms with Crippen LogP contribution in [0.1, 0.15) is 24.2 Å². The monoisotopic (exact) mass is 451 g/mol. The maximum Gasteiger partial charge on any atom is 0.341 e. The van der Waals surface area contributed by atoms with Crippen LogP contribution in [0.15, 0.2) is 35.5 Å². The summed E-state index contributed by atoms with van der Waals surface area (Å²) in [6.07, 6.45) is 3.29. The molecule has 8 nitrogen and oxygen atoms in total. The number of hydrogen-bond donors (Lipinski definition) is 2. The number of halogens is 3. The molecule has 1 saturated heterocycles. The number of piperazine rings is 1. The number of hydrogen-bond acceptors (Lipinski definition) is 6.